The Morgan fingerprint density at radius 3 is 3.18 bits per heavy atom. The Labute approximate surface area is 104 Å². The summed E-state index contributed by atoms with van der Waals surface area (Å²) in [6, 6.07) is 0.267. The fourth-order valence-corrected chi connectivity index (χ4v) is 2.57. The van der Waals surface area contributed by atoms with Crippen molar-refractivity contribution in [1.82, 2.24) is 10.2 Å². The molecule has 1 aromatic rings. The predicted molar refractivity (Wildman–Crippen MR) is 66.3 cm³/mol. The maximum Gasteiger partial charge on any atom is 0.285 e. The maximum atomic E-state index is 11.3. The van der Waals surface area contributed by atoms with E-state index < -0.39 is 0 Å². The zero-order valence-corrected chi connectivity index (χ0v) is 10.2. The molecule has 6 heteroatoms. The van der Waals surface area contributed by atoms with E-state index in [4.69, 9.17) is 16.7 Å². The number of aliphatic hydroxyl groups is 1. The van der Waals surface area contributed by atoms with E-state index in [-0.39, 0.29) is 23.2 Å². The van der Waals surface area contributed by atoms with Gasteiger partial charge in [0.05, 0.1) is 11.9 Å². The molecule has 1 aliphatic carbocycles. The highest BCUT2D eigenvalue weighted by Crippen LogP contribution is 2.31. The van der Waals surface area contributed by atoms with E-state index in [0.29, 0.717) is 11.6 Å². The van der Waals surface area contributed by atoms with Crippen LogP contribution in [0.5, 0.6) is 0 Å². The molecular formula is C11H16ClN3O2. The molecule has 3 N–H and O–H groups in total. The third kappa shape index (κ3) is 2.79. The molecule has 1 aromatic heterocycles. The number of aliphatic hydroxyl groups excluding tert-OH is 1. The topological polar surface area (TPSA) is 78.0 Å². The highest BCUT2D eigenvalue weighted by atomic mass is 35.5. The zero-order valence-electron chi connectivity index (χ0n) is 9.45. The molecule has 5 nitrogen and oxygen atoms in total. The van der Waals surface area contributed by atoms with Crippen LogP contribution in [0.3, 0.4) is 0 Å². The molecule has 0 amide bonds. The Balaban J connectivity index is 2.09. The number of nitrogens with zero attached hydrogens (tertiary/aromatic N) is 1. The lowest BCUT2D eigenvalue weighted by Crippen LogP contribution is -2.26. The fourth-order valence-electron chi connectivity index (χ4n) is 2.42. The highest BCUT2D eigenvalue weighted by molar-refractivity contribution is 6.32. The molecule has 0 saturated heterocycles. The summed E-state index contributed by atoms with van der Waals surface area (Å²) in [6.07, 6.45) is 5.58. The quantitative estimate of drug-likeness (QED) is 0.762. The molecule has 0 aliphatic heterocycles. The number of rotatable bonds is 4. The molecule has 94 valence electrons. The van der Waals surface area contributed by atoms with Crippen molar-refractivity contribution in [3.63, 3.8) is 0 Å². The molecule has 2 rings (SSSR count). The van der Waals surface area contributed by atoms with Gasteiger partial charge in [-0.25, -0.2) is 5.10 Å². The molecule has 0 aromatic carbocycles. The van der Waals surface area contributed by atoms with Gasteiger partial charge in [0, 0.05) is 12.6 Å². The molecule has 2 atom stereocenters. The standard InChI is InChI=1S/C11H16ClN3O2/c12-10-9(6-13-15-11(10)17)14-8-3-1-2-7(8)4-5-16/h6-8,16H,1-5H2,(H2,14,15,17). The first kappa shape index (κ1) is 12.4. The normalized spacial score (nSPS) is 23.9. The molecule has 0 bridgehead atoms. The molecule has 1 saturated carbocycles. The monoisotopic (exact) mass is 257 g/mol. The van der Waals surface area contributed by atoms with E-state index in [1.807, 2.05) is 0 Å². The first-order valence-electron chi connectivity index (χ1n) is 5.83. The third-order valence-corrected chi connectivity index (χ3v) is 3.67. The van der Waals surface area contributed by atoms with Gasteiger partial charge >= 0.3 is 0 Å². The van der Waals surface area contributed by atoms with Gasteiger partial charge in [0.15, 0.2) is 0 Å². The molecule has 0 spiro atoms. The van der Waals surface area contributed by atoms with Crippen molar-refractivity contribution in [2.75, 3.05) is 11.9 Å². The van der Waals surface area contributed by atoms with Crippen molar-refractivity contribution in [2.24, 2.45) is 5.92 Å². The van der Waals surface area contributed by atoms with Crippen LogP contribution >= 0.6 is 11.6 Å². The maximum absolute atomic E-state index is 11.3. The second-order valence-corrected chi connectivity index (χ2v) is 4.76. The van der Waals surface area contributed by atoms with Crippen molar-refractivity contribution in [3.05, 3.63) is 21.6 Å². The minimum absolute atomic E-state index is 0.148. The fraction of sp³-hybridized carbons (Fsp3) is 0.636. The summed E-state index contributed by atoms with van der Waals surface area (Å²) in [5.74, 6) is 0.440. The van der Waals surface area contributed by atoms with Gasteiger partial charge in [0.2, 0.25) is 0 Å². The van der Waals surface area contributed by atoms with Crippen molar-refractivity contribution in [2.45, 2.75) is 31.7 Å². The van der Waals surface area contributed by atoms with Crippen LogP contribution in [0.25, 0.3) is 0 Å². The lowest BCUT2D eigenvalue weighted by Gasteiger charge is -2.21. The van der Waals surface area contributed by atoms with Crippen molar-refractivity contribution < 1.29 is 5.11 Å². The average Bonchev–Trinajstić information content (AvgIpc) is 2.73. The first-order valence-corrected chi connectivity index (χ1v) is 6.20. The lowest BCUT2D eigenvalue weighted by molar-refractivity contribution is 0.254. The Morgan fingerprint density at radius 1 is 1.59 bits per heavy atom. The Kier molecular flexibility index (Phi) is 4.02. The summed E-state index contributed by atoms with van der Waals surface area (Å²) in [5, 5.41) is 18.4. The summed E-state index contributed by atoms with van der Waals surface area (Å²) in [6.45, 7) is 0.199. The number of hydrogen-bond donors (Lipinski definition) is 3. The van der Waals surface area contributed by atoms with Crippen LogP contribution in [0.15, 0.2) is 11.0 Å². The third-order valence-electron chi connectivity index (χ3n) is 3.30. The highest BCUT2D eigenvalue weighted by Gasteiger charge is 2.27. The minimum atomic E-state index is -0.381. The lowest BCUT2D eigenvalue weighted by atomic mass is 10.00. The number of H-pyrrole nitrogens is 1. The van der Waals surface area contributed by atoms with Gasteiger partial charge in [-0.05, 0) is 25.2 Å². The van der Waals surface area contributed by atoms with E-state index in [1.54, 1.807) is 0 Å². The minimum Gasteiger partial charge on any atom is -0.396 e. The molecule has 1 heterocycles. The van der Waals surface area contributed by atoms with Gasteiger partial charge in [0.25, 0.3) is 5.56 Å². The second kappa shape index (κ2) is 5.51. The molecule has 17 heavy (non-hydrogen) atoms. The second-order valence-electron chi connectivity index (χ2n) is 4.38. The summed E-state index contributed by atoms with van der Waals surface area (Å²) < 4.78 is 0. The van der Waals surface area contributed by atoms with E-state index in [1.165, 1.54) is 6.20 Å². The van der Waals surface area contributed by atoms with Crippen molar-refractivity contribution >= 4 is 17.3 Å². The first-order chi connectivity index (χ1) is 8.22. The van der Waals surface area contributed by atoms with E-state index >= 15 is 0 Å². The van der Waals surface area contributed by atoms with Gasteiger partial charge < -0.3 is 10.4 Å². The van der Waals surface area contributed by atoms with Gasteiger partial charge in [-0.3, -0.25) is 4.79 Å². The summed E-state index contributed by atoms with van der Waals surface area (Å²) in [5.41, 5.74) is 0.193. The number of hydrogen-bond acceptors (Lipinski definition) is 4. The van der Waals surface area contributed by atoms with Crippen molar-refractivity contribution in [3.8, 4) is 0 Å². The number of aromatic amines is 1. The van der Waals surface area contributed by atoms with Gasteiger partial charge in [0.1, 0.15) is 5.02 Å². The van der Waals surface area contributed by atoms with Crippen LogP contribution in [0.1, 0.15) is 25.7 Å². The van der Waals surface area contributed by atoms with Gasteiger partial charge in [-0.2, -0.15) is 5.10 Å². The van der Waals surface area contributed by atoms with Crippen LogP contribution in [-0.4, -0.2) is 28.0 Å². The number of nitrogens with one attached hydrogen (secondary N) is 2. The van der Waals surface area contributed by atoms with Gasteiger partial charge in [-0.15, -0.1) is 0 Å². The van der Waals surface area contributed by atoms with Crippen LogP contribution < -0.4 is 10.9 Å². The van der Waals surface area contributed by atoms with Crippen LogP contribution in [0, 0.1) is 5.92 Å². The van der Waals surface area contributed by atoms with Crippen LogP contribution in [-0.2, 0) is 0 Å². The Hall–Kier alpha value is -1.07. The average molecular weight is 258 g/mol. The Bertz CT molecular complexity index is 435. The largest absolute Gasteiger partial charge is 0.396 e. The summed E-state index contributed by atoms with van der Waals surface area (Å²) in [4.78, 5) is 11.3. The zero-order chi connectivity index (χ0) is 12.3. The van der Waals surface area contributed by atoms with E-state index in [9.17, 15) is 4.79 Å². The predicted octanol–water partition coefficient (Wildman–Crippen LogP) is 1.39. The summed E-state index contributed by atoms with van der Waals surface area (Å²) >= 11 is 5.90. The molecular weight excluding hydrogens is 242 g/mol. The van der Waals surface area contributed by atoms with Crippen LogP contribution in [0.2, 0.25) is 5.02 Å². The number of anilines is 1. The smallest absolute Gasteiger partial charge is 0.285 e. The molecule has 2 unspecified atom stereocenters. The number of halogens is 1. The van der Waals surface area contributed by atoms with E-state index in [2.05, 4.69) is 15.5 Å². The van der Waals surface area contributed by atoms with Gasteiger partial charge in [-0.1, -0.05) is 18.0 Å². The molecule has 1 aliphatic rings. The van der Waals surface area contributed by atoms with E-state index in [0.717, 1.165) is 25.7 Å². The summed E-state index contributed by atoms with van der Waals surface area (Å²) in [7, 11) is 0. The number of aromatic nitrogens is 2. The molecule has 1 fully saturated rings. The Morgan fingerprint density at radius 2 is 2.41 bits per heavy atom. The molecule has 0 radical (unpaired) electrons. The SMILES string of the molecule is O=c1[nH]ncc(NC2CCCC2CCO)c1Cl. The van der Waals surface area contributed by atoms with Crippen molar-refractivity contribution in [1.29, 1.82) is 0 Å². The van der Waals surface area contributed by atoms with Crippen LogP contribution in [0.4, 0.5) is 5.69 Å².